The van der Waals surface area contributed by atoms with Crippen LogP contribution in [0.5, 0.6) is 0 Å². The molecule has 2 aliphatic rings. The lowest BCUT2D eigenvalue weighted by molar-refractivity contribution is -0.129. The minimum atomic E-state index is -0.258. The highest BCUT2D eigenvalue weighted by atomic mass is 16.2. The van der Waals surface area contributed by atoms with Gasteiger partial charge in [0.25, 0.3) is 0 Å². The molecule has 0 aromatic heterocycles. The van der Waals surface area contributed by atoms with Gasteiger partial charge in [-0.15, -0.1) is 0 Å². The lowest BCUT2D eigenvalue weighted by Gasteiger charge is -2.17. The maximum atomic E-state index is 12.3. The van der Waals surface area contributed by atoms with Crippen LogP contribution in [0.15, 0.2) is 30.3 Å². The van der Waals surface area contributed by atoms with E-state index in [1.54, 1.807) is 4.90 Å². The second kappa shape index (κ2) is 8.83. The Morgan fingerprint density at radius 2 is 1.88 bits per heavy atom. The highest BCUT2D eigenvalue weighted by Crippen LogP contribution is 2.18. The first-order valence-corrected chi connectivity index (χ1v) is 9.50. The van der Waals surface area contributed by atoms with Gasteiger partial charge in [-0.3, -0.25) is 14.4 Å². The minimum Gasteiger partial charge on any atom is -0.356 e. The average Bonchev–Trinajstić information content (AvgIpc) is 3.23. The Balaban J connectivity index is 1.36. The largest absolute Gasteiger partial charge is 0.356 e. The summed E-state index contributed by atoms with van der Waals surface area (Å²) in [6.45, 7) is 3.25. The third kappa shape index (κ3) is 4.84. The molecule has 0 unspecified atom stereocenters. The lowest BCUT2D eigenvalue weighted by Crippen LogP contribution is -2.35. The van der Waals surface area contributed by atoms with Crippen LogP contribution in [0.3, 0.4) is 0 Å². The molecule has 2 heterocycles. The van der Waals surface area contributed by atoms with Crippen molar-refractivity contribution in [3.05, 3.63) is 35.9 Å². The maximum absolute atomic E-state index is 12.3. The van der Waals surface area contributed by atoms with Gasteiger partial charge in [0.15, 0.2) is 0 Å². The summed E-state index contributed by atoms with van der Waals surface area (Å²) in [5.41, 5.74) is 1.20. The summed E-state index contributed by atoms with van der Waals surface area (Å²) >= 11 is 0. The van der Waals surface area contributed by atoms with Crippen LogP contribution in [-0.2, 0) is 20.8 Å². The number of likely N-dealkylation sites (tertiary alicyclic amines) is 2. The van der Waals surface area contributed by atoms with Crippen molar-refractivity contribution >= 4 is 17.7 Å². The summed E-state index contributed by atoms with van der Waals surface area (Å²) in [6.07, 6.45) is 3.45. The molecule has 6 heteroatoms. The zero-order valence-electron chi connectivity index (χ0n) is 15.2. The second-order valence-corrected chi connectivity index (χ2v) is 7.11. The van der Waals surface area contributed by atoms with Crippen LogP contribution in [-0.4, -0.2) is 60.2 Å². The number of hydrogen-bond acceptors (Lipinski definition) is 3. The number of nitrogens with one attached hydrogen (secondary N) is 1. The molecular weight excluding hydrogens is 330 g/mol. The van der Waals surface area contributed by atoms with Crippen LogP contribution >= 0.6 is 0 Å². The molecule has 26 heavy (non-hydrogen) atoms. The van der Waals surface area contributed by atoms with Crippen molar-refractivity contribution in [2.75, 3.05) is 32.7 Å². The molecular formula is C20H27N3O3. The predicted molar refractivity (Wildman–Crippen MR) is 98.3 cm³/mol. The van der Waals surface area contributed by atoms with E-state index in [1.165, 1.54) is 5.56 Å². The molecule has 2 aliphatic heterocycles. The fraction of sp³-hybridized carbons (Fsp3) is 0.550. The maximum Gasteiger partial charge on any atom is 0.225 e. The molecule has 1 aromatic rings. The van der Waals surface area contributed by atoms with Crippen LogP contribution in [0.25, 0.3) is 0 Å². The van der Waals surface area contributed by atoms with E-state index < -0.39 is 0 Å². The molecule has 2 saturated heterocycles. The van der Waals surface area contributed by atoms with Gasteiger partial charge in [-0.25, -0.2) is 0 Å². The van der Waals surface area contributed by atoms with Gasteiger partial charge in [0.1, 0.15) is 0 Å². The topological polar surface area (TPSA) is 69.7 Å². The molecule has 2 fully saturated rings. The summed E-state index contributed by atoms with van der Waals surface area (Å²) < 4.78 is 0. The van der Waals surface area contributed by atoms with E-state index in [4.69, 9.17) is 0 Å². The van der Waals surface area contributed by atoms with Crippen LogP contribution in [0.1, 0.15) is 31.2 Å². The van der Waals surface area contributed by atoms with Gasteiger partial charge in [0, 0.05) is 45.6 Å². The summed E-state index contributed by atoms with van der Waals surface area (Å²) in [4.78, 5) is 39.6. The molecule has 140 valence electrons. The summed E-state index contributed by atoms with van der Waals surface area (Å²) in [7, 11) is 0. The lowest BCUT2D eigenvalue weighted by atomic mass is 10.1. The molecule has 3 amide bonds. The molecule has 0 saturated carbocycles. The van der Waals surface area contributed by atoms with Crippen molar-refractivity contribution in [2.24, 2.45) is 5.92 Å². The average molecular weight is 357 g/mol. The molecule has 0 spiro atoms. The highest BCUT2D eigenvalue weighted by molar-refractivity contribution is 5.89. The van der Waals surface area contributed by atoms with E-state index >= 15 is 0 Å². The Morgan fingerprint density at radius 1 is 1.08 bits per heavy atom. The normalized spacial score (nSPS) is 20.1. The fourth-order valence-electron chi connectivity index (χ4n) is 3.64. The standard InChI is InChI=1S/C20H27N3O3/c24-18-8-4-11-22(18)12-5-10-21-20(26)17-14-19(25)23(15-17)13-9-16-6-2-1-3-7-16/h1-3,6-7,17H,4-5,8-15H2,(H,21,26)/t17-/m0/s1. The van der Waals surface area contributed by atoms with Crippen LogP contribution in [0.4, 0.5) is 0 Å². The fourth-order valence-corrected chi connectivity index (χ4v) is 3.64. The van der Waals surface area contributed by atoms with Gasteiger partial charge in [-0.05, 0) is 24.8 Å². The SMILES string of the molecule is O=C(NCCCN1CCCC1=O)[C@H]1CC(=O)N(CCc2ccccc2)C1. The van der Waals surface area contributed by atoms with Crippen LogP contribution < -0.4 is 5.32 Å². The number of carbonyl (C=O) groups excluding carboxylic acids is 3. The first-order chi connectivity index (χ1) is 12.6. The van der Waals surface area contributed by atoms with Gasteiger partial charge in [0.05, 0.1) is 5.92 Å². The zero-order chi connectivity index (χ0) is 18.4. The van der Waals surface area contributed by atoms with Gasteiger partial charge in [-0.2, -0.15) is 0 Å². The Hall–Kier alpha value is -2.37. The Bertz CT molecular complexity index is 647. The van der Waals surface area contributed by atoms with Gasteiger partial charge < -0.3 is 15.1 Å². The molecule has 6 nitrogen and oxygen atoms in total. The molecule has 1 atom stereocenters. The molecule has 0 aliphatic carbocycles. The summed E-state index contributed by atoms with van der Waals surface area (Å²) in [6, 6.07) is 10.1. The quantitative estimate of drug-likeness (QED) is 0.711. The van der Waals surface area contributed by atoms with Crippen molar-refractivity contribution in [2.45, 2.75) is 32.1 Å². The third-order valence-corrected chi connectivity index (χ3v) is 5.17. The molecule has 3 rings (SSSR count). The van der Waals surface area contributed by atoms with Crippen molar-refractivity contribution in [1.82, 2.24) is 15.1 Å². The Labute approximate surface area is 154 Å². The monoisotopic (exact) mass is 357 g/mol. The van der Waals surface area contributed by atoms with Crippen molar-refractivity contribution in [1.29, 1.82) is 0 Å². The zero-order valence-corrected chi connectivity index (χ0v) is 15.2. The number of hydrogen-bond donors (Lipinski definition) is 1. The smallest absolute Gasteiger partial charge is 0.225 e. The van der Waals surface area contributed by atoms with Gasteiger partial charge in [0.2, 0.25) is 17.7 Å². The van der Waals surface area contributed by atoms with E-state index in [9.17, 15) is 14.4 Å². The Kier molecular flexibility index (Phi) is 6.26. The van der Waals surface area contributed by atoms with Crippen LogP contribution in [0.2, 0.25) is 0 Å². The Morgan fingerprint density at radius 3 is 2.62 bits per heavy atom. The summed E-state index contributed by atoms with van der Waals surface area (Å²) in [5.74, 6) is -0.0319. The molecule has 0 radical (unpaired) electrons. The van der Waals surface area contributed by atoms with Crippen molar-refractivity contribution in [3.8, 4) is 0 Å². The van der Waals surface area contributed by atoms with Gasteiger partial charge in [-0.1, -0.05) is 30.3 Å². The predicted octanol–water partition coefficient (Wildman–Crippen LogP) is 1.21. The van der Waals surface area contributed by atoms with Crippen LogP contribution in [0, 0.1) is 5.92 Å². The van der Waals surface area contributed by atoms with E-state index in [0.29, 0.717) is 39.0 Å². The van der Waals surface area contributed by atoms with Gasteiger partial charge >= 0.3 is 0 Å². The third-order valence-electron chi connectivity index (χ3n) is 5.17. The number of amides is 3. The first kappa shape index (κ1) is 18.4. The molecule has 0 bridgehead atoms. The van der Waals surface area contributed by atoms with E-state index in [1.807, 2.05) is 23.1 Å². The number of carbonyl (C=O) groups is 3. The molecule has 1 aromatic carbocycles. The highest BCUT2D eigenvalue weighted by Gasteiger charge is 2.33. The summed E-state index contributed by atoms with van der Waals surface area (Å²) in [5, 5.41) is 2.92. The van der Waals surface area contributed by atoms with E-state index in [2.05, 4.69) is 17.4 Å². The van der Waals surface area contributed by atoms with Crippen molar-refractivity contribution < 1.29 is 14.4 Å². The van der Waals surface area contributed by atoms with E-state index in [-0.39, 0.29) is 23.6 Å². The number of rotatable bonds is 8. The van der Waals surface area contributed by atoms with Crippen molar-refractivity contribution in [3.63, 3.8) is 0 Å². The number of benzene rings is 1. The second-order valence-electron chi connectivity index (χ2n) is 7.11. The first-order valence-electron chi connectivity index (χ1n) is 9.50. The number of nitrogens with zero attached hydrogens (tertiary/aromatic N) is 2. The molecule has 1 N–H and O–H groups in total. The minimum absolute atomic E-state index is 0.0479. The van der Waals surface area contributed by atoms with E-state index in [0.717, 1.165) is 25.8 Å².